The summed E-state index contributed by atoms with van der Waals surface area (Å²) in [5.41, 5.74) is 4.80. The third-order valence-corrected chi connectivity index (χ3v) is 7.98. The fourth-order valence-corrected chi connectivity index (χ4v) is 6.44. The highest BCUT2D eigenvalue weighted by molar-refractivity contribution is 6.00. The van der Waals surface area contributed by atoms with Crippen molar-refractivity contribution in [2.24, 2.45) is 5.92 Å². The number of hydrazine groups is 1. The molecular weight excluding hydrogens is 522 g/mol. The van der Waals surface area contributed by atoms with Crippen molar-refractivity contribution in [3.8, 4) is 0 Å². The van der Waals surface area contributed by atoms with Gasteiger partial charge in [-0.2, -0.15) is 5.01 Å². The van der Waals surface area contributed by atoms with Gasteiger partial charge in [0.15, 0.2) is 6.04 Å². The highest BCUT2D eigenvalue weighted by atomic mass is 16.5. The van der Waals surface area contributed by atoms with E-state index in [0.717, 1.165) is 27.8 Å². The quantitative estimate of drug-likeness (QED) is 0.464. The molecule has 2 aliphatic rings. The number of amides is 2. The summed E-state index contributed by atoms with van der Waals surface area (Å²) < 4.78 is 10.4. The molecule has 5 rings (SSSR count). The number of rotatable bonds is 6. The van der Waals surface area contributed by atoms with Crippen molar-refractivity contribution in [3.05, 3.63) is 106 Å². The van der Waals surface area contributed by atoms with E-state index < -0.39 is 53.8 Å². The van der Waals surface area contributed by atoms with E-state index in [-0.39, 0.29) is 0 Å². The van der Waals surface area contributed by atoms with E-state index in [1.165, 1.54) is 19.2 Å². The fraction of sp³-hybridized carbons (Fsp3) is 0.312. The number of hydrogen-bond acceptors (Lipinski definition) is 7. The van der Waals surface area contributed by atoms with Gasteiger partial charge in [0.05, 0.1) is 26.3 Å². The summed E-state index contributed by atoms with van der Waals surface area (Å²) in [6.07, 6.45) is 0. The summed E-state index contributed by atoms with van der Waals surface area (Å²) in [6.45, 7) is 5.88. The molecule has 2 saturated heterocycles. The van der Waals surface area contributed by atoms with Crippen LogP contribution in [0.3, 0.4) is 0 Å². The first kappa shape index (κ1) is 28.0. The van der Waals surface area contributed by atoms with Crippen molar-refractivity contribution < 1.29 is 28.7 Å². The maximum absolute atomic E-state index is 14.3. The van der Waals surface area contributed by atoms with Crippen LogP contribution in [0.1, 0.15) is 50.3 Å². The number of methoxy groups -OCH3 is 2. The minimum Gasteiger partial charge on any atom is -0.469 e. The molecule has 41 heavy (non-hydrogen) atoms. The van der Waals surface area contributed by atoms with E-state index in [9.17, 15) is 19.2 Å². The summed E-state index contributed by atoms with van der Waals surface area (Å²) in [6, 6.07) is 18.1. The zero-order valence-electron chi connectivity index (χ0n) is 23.7. The predicted octanol–water partition coefficient (Wildman–Crippen LogP) is 3.60. The number of aryl methyl sites for hydroxylation is 3. The van der Waals surface area contributed by atoms with Gasteiger partial charge in [-0.15, -0.1) is 0 Å². The van der Waals surface area contributed by atoms with E-state index in [2.05, 4.69) is 5.32 Å². The molecule has 2 fully saturated rings. The fourth-order valence-electron chi connectivity index (χ4n) is 6.44. The Labute approximate surface area is 239 Å². The molecule has 2 amide bonds. The van der Waals surface area contributed by atoms with Gasteiger partial charge in [0.1, 0.15) is 12.0 Å². The number of ether oxygens (including phenoxy) is 2. The molecule has 0 aliphatic carbocycles. The molecule has 0 spiro atoms. The summed E-state index contributed by atoms with van der Waals surface area (Å²) in [5, 5.41) is 6.02. The van der Waals surface area contributed by atoms with Gasteiger partial charge < -0.3 is 14.8 Å². The van der Waals surface area contributed by atoms with Gasteiger partial charge in [0.25, 0.3) is 11.8 Å². The third kappa shape index (κ3) is 4.76. The summed E-state index contributed by atoms with van der Waals surface area (Å²) >= 11 is 0. The first-order chi connectivity index (χ1) is 19.7. The number of esters is 2. The van der Waals surface area contributed by atoms with Crippen molar-refractivity contribution in [3.63, 3.8) is 0 Å². The van der Waals surface area contributed by atoms with Crippen LogP contribution in [0.25, 0.3) is 0 Å². The lowest BCUT2D eigenvalue weighted by molar-refractivity contribution is -0.161. The maximum atomic E-state index is 14.3. The average molecular weight is 556 g/mol. The maximum Gasteiger partial charge on any atom is 0.331 e. The summed E-state index contributed by atoms with van der Waals surface area (Å²) in [4.78, 5) is 54.6. The van der Waals surface area contributed by atoms with Gasteiger partial charge in [-0.3, -0.25) is 19.4 Å². The number of benzene rings is 3. The second-order valence-corrected chi connectivity index (χ2v) is 10.5. The van der Waals surface area contributed by atoms with Crippen LogP contribution in [0.15, 0.2) is 72.8 Å². The number of carbonyl (C=O) groups excluding carboxylic acids is 4. The minimum atomic E-state index is -1.30. The van der Waals surface area contributed by atoms with Crippen molar-refractivity contribution in [1.29, 1.82) is 0 Å². The van der Waals surface area contributed by atoms with Crippen LogP contribution in [-0.4, -0.2) is 60.1 Å². The zero-order chi connectivity index (χ0) is 29.4. The van der Waals surface area contributed by atoms with Gasteiger partial charge in [-0.05, 0) is 55.2 Å². The topological polar surface area (TPSA) is 105 Å². The lowest BCUT2D eigenvalue weighted by Crippen LogP contribution is -2.50. The number of fused-ring (bicyclic) bond motifs is 1. The standard InChI is InChI=1S/C32H33N3O6/c1-18-16-19(2)23(20(3)17-18)27-24(31(38)40-4)28(32(39)41-5)35-30(37)25(33-29(36)22-14-10-7-11-15-22)26(34(27)35)21-12-8-6-9-13-21/h6-17,24-28H,1-5H3,(H,33,36)/t24-,25-,26-,27-,28+/m1/s1. The molecule has 0 saturated carbocycles. The second-order valence-electron chi connectivity index (χ2n) is 10.5. The highest BCUT2D eigenvalue weighted by Crippen LogP contribution is 2.53. The second kappa shape index (κ2) is 11.2. The number of hydrogen-bond donors (Lipinski definition) is 1. The Bertz CT molecular complexity index is 1470. The van der Waals surface area contributed by atoms with Gasteiger partial charge >= 0.3 is 11.9 Å². The molecule has 0 radical (unpaired) electrons. The SMILES string of the molecule is COC(=O)[C@H]1[C@@H](C(=O)OC)N2C(=O)[C@H](NC(=O)c3ccccc3)[C@@H](c3ccccc3)N2[C@@H]1c1c(C)cc(C)cc1C. The molecule has 9 heteroatoms. The monoisotopic (exact) mass is 555 g/mol. The first-order valence-corrected chi connectivity index (χ1v) is 13.4. The van der Waals surface area contributed by atoms with Crippen LogP contribution in [0.2, 0.25) is 0 Å². The number of nitrogens with one attached hydrogen (secondary N) is 1. The van der Waals surface area contributed by atoms with Crippen LogP contribution in [0.5, 0.6) is 0 Å². The molecule has 0 unspecified atom stereocenters. The zero-order valence-corrected chi connectivity index (χ0v) is 23.7. The minimum absolute atomic E-state index is 0.396. The van der Waals surface area contributed by atoms with E-state index >= 15 is 0 Å². The Morgan fingerprint density at radius 1 is 0.780 bits per heavy atom. The Kier molecular flexibility index (Phi) is 7.64. The van der Waals surface area contributed by atoms with E-state index in [0.29, 0.717) is 5.56 Å². The molecule has 212 valence electrons. The van der Waals surface area contributed by atoms with Gasteiger partial charge in [-0.25, -0.2) is 4.79 Å². The van der Waals surface area contributed by atoms with Gasteiger partial charge in [-0.1, -0.05) is 66.2 Å². The van der Waals surface area contributed by atoms with Crippen LogP contribution in [0.4, 0.5) is 0 Å². The van der Waals surface area contributed by atoms with E-state index in [1.54, 1.807) is 35.3 Å². The lowest BCUT2D eigenvalue weighted by Gasteiger charge is -2.34. The molecule has 0 aromatic heterocycles. The average Bonchev–Trinajstić information content (AvgIpc) is 3.44. The lowest BCUT2D eigenvalue weighted by atomic mass is 9.82. The molecule has 5 atom stereocenters. The molecule has 0 bridgehead atoms. The van der Waals surface area contributed by atoms with Gasteiger partial charge in [0.2, 0.25) is 0 Å². The molecule has 2 heterocycles. The number of carbonyl (C=O) groups is 4. The van der Waals surface area contributed by atoms with Crippen LogP contribution in [-0.2, 0) is 23.9 Å². The highest BCUT2D eigenvalue weighted by Gasteiger charge is 2.66. The van der Waals surface area contributed by atoms with E-state index in [4.69, 9.17) is 9.47 Å². The molecule has 3 aromatic carbocycles. The molecular formula is C32H33N3O6. The molecule has 1 N–H and O–H groups in total. The van der Waals surface area contributed by atoms with Crippen molar-refractivity contribution in [2.45, 2.75) is 44.9 Å². The van der Waals surface area contributed by atoms with Gasteiger partial charge in [0, 0.05) is 5.56 Å². The van der Waals surface area contributed by atoms with Crippen molar-refractivity contribution >= 4 is 23.8 Å². The van der Waals surface area contributed by atoms with Crippen molar-refractivity contribution in [2.75, 3.05) is 14.2 Å². The Hall–Kier alpha value is -4.50. The van der Waals surface area contributed by atoms with Crippen LogP contribution < -0.4 is 5.32 Å². The normalized spacial score (nSPS) is 23.7. The molecule has 2 aliphatic heterocycles. The Morgan fingerprint density at radius 3 is 1.90 bits per heavy atom. The summed E-state index contributed by atoms with van der Waals surface area (Å²) in [7, 11) is 2.49. The van der Waals surface area contributed by atoms with Crippen molar-refractivity contribution in [1.82, 2.24) is 15.3 Å². The Balaban J connectivity index is 1.74. The Morgan fingerprint density at radius 2 is 1.34 bits per heavy atom. The molecule has 3 aromatic rings. The van der Waals surface area contributed by atoms with E-state index in [1.807, 2.05) is 63.2 Å². The predicted molar refractivity (Wildman–Crippen MR) is 150 cm³/mol. The van der Waals surface area contributed by atoms with Crippen LogP contribution >= 0.6 is 0 Å². The van der Waals surface area contributed by atoms with Crippen LogP contribution in [0, 0.1) is 26.7 Å². The number of nitrogens with zero attached hydrogens (tertiary/aromatic N) is 2. The molecule has 9 nitrogen and oxygen atoms in total. The smallest absolute Gasteiger partial charge is 0.331 e. The summed E-state index contributed by atoms with van der Waals surface area (Å²) in [5.74, 6) is -3.40. The first-order valence-electron chi connectivity index (χ1n) is 13.4. The largest absolute Gasteiger partial charge is 0.469 e. The third-order valence-electron chi connectivity index (χ3n) is 7.98.